The summed E-state index contributed by atoms with van der Waals surface area (Å²) in [6, 6.07) is 10.7. The maximum Gasteiger partial charge on any atom is 0.439 e. The normalized spacial score (nSPS) is 11.6. The van der Waals surface area contributed by atoms with Gasteiger partial charge in [-0.1, -0.05) is 42.7 Å². The number of hydrogen-bond donors (Lipinski definition) is 2. The van der Waals surface area contributed by atoms with Gasteiger partial charge >= 0.3 is 5.76 Å². The van der Waals surface area contributed by atoms with Crippen molar-refractivity contribution in [3.8, 4) is 11.4 Å². The lowest BCUT2D eigenvalue weighted by Crippen LogP contribution is -2.31. The Morgan fingerprint density at radius 2 is 1.93 bits per heavy atom. The Kier molecular flexibility index (Phi) is 6.40. The molecule has 3 aromatic rings. The zero-order chi connectivity index (χ0) is 21.9. The van der Waals surface area contributed by atoms with Crippen LogP contribution in [0.4, 0.5) is 5.69 Å². The molecule has 0 fully saturated rings. The first-order chi connectivity index (χ1) is 14.3. The van der Waals surface area contributed by atoms with Crippen LogP contribution in [0.25, 0.3) is 11.4 Å². The number of sulfonamides is 1. The van der Waals surface area contributed by atoms with Crippen molar-refractivity contribution in [3.63, 3.8) is 0 Å². The fraction of sp³-hybridized carbons (Fsp3) is 0.211. The number of H-pyrrole nitrogens is 1. The van der Waals surface area contributed by atoms with Gasteiger partial charge in [-0.2, -0.15) is 4.31 Å². The molecule has 0 unspecified atom stereocenters. The molecule has 1 heterocycles. The zero-order valence-corrected chi connectivity index (χ0v) is 17.7. The maximum atomic E-state index is 12.8. The lowest BCUT2D eigenvalue weighted by molar-refractivity contribution is 0.102. The number of amides is 1. The van der Waals surface area contributed by atoms with E-state index in [1.807, 2.05) is 0 Å². The second kappa shape index (κ2) is 8.82. The zero-order valence-electron chi connectivity index (χ0n) is 16.2. The summed E-state index contributed by atoms with van der Waals surface area (Å²) < 4.78 is 31.4. The number of nitrogens with one attached hydrogen (secondary N) is 2. The molecule has 0 aliphatic carbocycles. The molecule has 158 valence electrons. The van der Waals surface area contributed by atoms with Gasteiger partial charge in [-0.05, 0) is 30.3 Å². The van der Waals surface area contributed by atoms with Gasteiger partial charge in [-0.15, -0.1) is 0 Å². The Morgan fingerprint density at radius 1 is 1.20 bits per heavy atom. The molecule has 2 N–H and O–H groups in total. The van der Waals surface area contributed by atoms with E-state index in [0.29, 0.717) is 11.3 Å². The van der Waals surface area contributed by atoms with Gasteiger partial charge in [0.2, 0.25) is 10.0 Å². The minimum absolute atomic E-state index is 0.0374. The van der Waals surface area contributed by atoms with Gasteiger partial charge in [0, 0.05) is 29.9 Å². The van der Waals surface area contributed by atoms with E-state index in [2.05, 4.69) is 20.0 Å². The largest absolute Gasteiger partial charge is 0.439 e. The number of anilines is 1. The highest BCUT2D eigenvalue weighted by Crippen LogP contribution is 2.26. The summed E-state index contributed by atoms with van der Waals surface area (Å²) >= 11 is 6.11. The highest BCUT2D eigenvalue weighted by atomic mass is 35.5. The van der Waals surface area contributed by atoms with E-state index >= 15 is 0 Å². The molecular formula is C19H19ClN4O5S. The average molecular weight is 451 g/mol. The second-order valence-electron chi connectivity index (χ2n) is 6.21. The van der Waals surface area contributed by atoms with E-state index < -0.39 is 21.7 Å². The fourth-order valence-electron chi connectivity index (χ4n) is 2.85. The van der Waals surface area contributed by atoms with E-state index in [9.17, 15) is 18.0 Å². The van der Waals surface area contributed by atoms with Gasteiger partial charge in [0.1, 0.15) is 4.90 Å². The molecule has 3 rings (SSSR count). The molecule has 2 aromatic carbocycles. The number of rotatable bonds is 7. The topological polar surface area (TPSA) is 125 Å². The van der Waals surface area contributed by atoms with Crippen LogP contribution in [0.5, 0.6) is 0 Å². The molecule has 0 atom stereocenters. The van der Waals surface area contributed by atoms with Gasteiger partial charge in [0.15, 0.2) is 5.82 Å². The van der Waals surface area contributed by atoms with Gasteiger partial charge in [-0.3, -0.25) is 14.3 Å². The molecule has 0 bridgehead atoms. The molecule has 11 heteroatoms. The summed E-state index contributed by atoms with van der Waals surface area (Å²) in [5.41, 5.74) is 1.08. The third-order valence-corrected chi connectivity index (χ3v) is 6.88. The Bertz CT molecular complexity index is 1230. The molecule has 0 saturated heterocycles. The number of carbonyl (C=O) groups is 1. The number of benzene rings is 2. The Morgan fingerprint density at radius 3 is 2.57 bits per heavy atom. The van der Waals surface area contributed by atoms with Crippen molar-refractivity contribution >= 4 is 33.2 Å². The molecular weight excluding hydrogens is 432 g/mol. The second-order valence-corrected chi connectivity index (χ2v) is 8.53. The number of aromatic nitrogens is 2. The smallest absolute Gasteiger partial charge is 0.322 e. The van der Waals surface area contributed by atoms with Crippen LogP contribution < -0.4 is 11.1 Å². The minimum Gasteiger partial charge on any atom is -0.322 e. The van der Waals surface area contributed by atoms with E-state index in [-0.39, 0.29) is 34.4 Å². The third-order valence-electron chi connectivity index (χ3n) is 4.35. The third kappa shape index (κ3) is 4.45. The lowest BCUT2D eigenvalue weighted by atomic mass is 10.1. The van der Waals surface area contributed by atoms with Crippen molar-refractivity contribution < 1.29 is 17.7 Å². The highest BCUT2D eigenvalue weighted by Gasteiger charge is 2.25. The Balaban J connectivity index is 1.89. The molecule has 0 radical (unpaired) electrons. The van der Waals surface area contributed by atoms with Gasteiger partial charge < -0.3 is 5.32 Å². The van der Waals surface area contributed by atoms with E-state index in [1.54, 1.807) is 38.1 Å². The van der Waals surface area contributed by atoms with Crippen LogP contribution in [0, 0.1) is 0 Å². The molecule has 1 amide bonds. The fourth-order valence-corrected chi connectivity index (χ4v) is 4.81. The van der Waals surface area contributed by atoms with Crippen LogP contribution in [0.15, 0.2) is 56.7 Å². The summed E-state index contributed by atoms with van der Waals surface area (Å²) in [7, 11) is -3.83. The average Bonchev–Trinajstić information content (AvgIpc) is 3.15. The monoisotopic (exact) mass is 450 g/mol. The molecule has 0 aliphatic rings. The van der Waals surface area contributed by atoms with Crippen molar-refractivity contribution in [3.05, 3.63) is 63.6 Å². The minimum atomic E-state index is -3.83. The molecule has 9 nitrogen and oxygen atoms in total. The van der Waals surface area contributed by atoms with Crippen LogP contribution in [0.3, 0.4) is 0 Å². The summed E-state index contributed by atoms with van der Waals surface area (Å²) in [6.07, 6.45) is 0. The SMILES string of the molecule is CCN(CC)S(=O)(=O)c1cc(C(=O)Nc2cccc(-c3noc(=O)[nH]3)c2)ccc1Cl. The van der Waals surface area contributed by atoms with Crippen LogP contribution in [-0.4, -0.2) is 41.9 Å². The number of halogens is 1. The molecule has 0 saturated carbocycles. The predicted octanol–water partition coefficient (Wildman–Crippen LogP) is 2.97. The predicted molar refractivity (Wildman–Crippen MR) is 112 cm³/mol. The van der Waals surface area contributed by atoms with Crippen LogP contribution >= 0.6 is 11.6 Å². The summed E-state index contributed by atoms with van der Waals surface area (Å²) in [6.45, 7) is 4.01. The maximum absolute atomic E-state index is 12.8. The van der Waals surface area contributed by atoms with Crippen LogP contribution in [0.1, 0.15) is 24.2 Å². The molecule has 1 aromatic heterocycles. The van der Waals surface area contributed by atoms with Crippen LogP contribution in [0.2, 0.25) is 5.02 Å². The van der Waals surface area contributed by atoms with Crippen molar-refractivity contribution in [1.82, 2.24) is 14.4 Å². The number of carbonyl (C=O) groups excluding carboxylic acids is 1. The molecule has 0 aliphatic heterocycles. The summed E-state index contributed by atoms with van der Waals surface area (Å²) in [5, 5.41) is 6.33. The number of nitrogens with zero attached hydrogens (tertiary/aromatic N) is 2. The standard InChI is InChI=1S/C19H19ClN4O5S/c1-3-24(4-2)30(27,28)16-11-13(8-9-15(16)20)18(25)21-14-7-5-6-12(10-14)17-22-19(26)29-23-17/h5-11H,3-4H2,1-2H3,(H,21,25)(H,22,23,26). The number of hydrogen-bond acceptors (Lipinski definition) is 6. The van der Waals surface area contributed by atoms with Crippen LogP contribution in [-0.2, 0) is 10.0 Å². The quantitative estimate of drug-likeness (QED) is 0.570. The van der Waals surface area contributed by atoms with Crippen molar-refractivity contribution in [2.75, 3.05) is 18.4 Å². The molecule has 0 spiro atoms. The number of aromatic amines is 1. The van der Waals surface area contributed by atoms with Crippen molar-refractivity contribution in [1.29, 1.82) is 0 Å². The van der Waals surface area contributed by atoms with Crippen molar-refractivity contribution in [2.45, 2.75) is 18.7 Å². The Labute approximate surface area is 177 Å². The highest BCUT2D eigenvalue weighted by molar-refractivity contribution is 7.89. The first-order valence-electron chi connectivity index (χ1n) is 9.03. The van der Waals surface area contributed by atoms with E-state index in [1.165, 1.54) is 22.5 Å². The first-order valence-corrected chi connectivity index (χ1v) is 10.9. The Hall–Kier alpha value is -2.95. The van der Waals surface area contributed by atoms with Gasteiger partial charge in [0.25, 0.3) is 5.91 Å². The van der Waals surface area contributed by atoms with E-state index in [4.69, 9.17) is 11.6 Å². The summed E-state index contributed by atoms with van der Waals surface area (Å²) in [5.74, 6) is -0.994. The lowest BCUT2D eigenvalue weighted by Gasteiger charge is -2.19. The molecule has 30 heavy (non-hydrogen) atoms. The van der Waals surface area contributed by atoms with Gasteiger partial charge in [-0.25, -0.2) is 13.2 Å². The summed E-state index contributed by atoms with van der Waals surface area (Å²) in [4.78, 5) is 26.1. The first kappa shape index (κ1) is 21.8. The van der Waals surface area contributed by atoms with Gasteiger partial charge in [0.05, 0.1) is 5.02 Å². The van der Waals surface area contributed by atoms with E-state index in [0.717, 1.165) is 0 Å². The van der Waals surface area contributed by atoms with Crippen molar-refractivity contribution in [2.24, 2.45) is 0 Å².